The zero-order chi connectivity index (χ0) is 14.3. The van der Waals surface area contributed by atoms with Crippen molar-refractivity contribution in [1.82, 2.24) is 19.2 Å². The summed E-state index contributed by atoms with van der Waals surface area (Å²) in [6.45, 7) is 2.57. The summed E-state index contributed by atoms with van der Waals surface area (Å²) in [6.07, 6.45) is 4.67. The molecule has 0 spiro atoms. The fourth-order valence-electron chi connectivity index (χ4n) is 1.77. The van der Waals surface area contributed by atoms with Crippen molar-refractivity contribution in [2.45, 2.75) is 18.5 Å². The van der Waals surface area contributed by atoms with Crippen molar-refractivity contribution in [3.8, 4) is 0 Å². The summed E-state index contributed by atoms with van der Waals surface area (Å²) in [5.41, 5.74) is 0.382. The van der Waals surface area contributed by atoms with E-state index < -0.39 is 10.0 Å². The highest BCUT2D eigenvalue weighted by Crippen LogP contribution is 2.26. The van der Waals surface area contributed by atoms with Crippen molar-refractivity contribution >= 4 is 43.6 Å². The molecule has 0 aliphatic rings. The van der Waals surface area contributed by atoms with Crippen LogP contribution >= 0.6 is 22.9 Å². The molecule has 3 aromatic rings. The lowest BCUT2D eigenvalue weighted by Crippen LogP contribution is -2.15. The number of rotatable bonds is 4. The van der Waals surface area contributed by atoms with Crippen LogP contribution in [-0.2, 0) is 16.6 Å². The normalized spacial score (nSPS) is 12.1. The third-order valence-corrected chi connectivity index (χ3v) is 5.18. The molecule has 0 bridgehead atoms. The Hall–Kier alpha value is -1.58. The van der Waals surface area contributed by atoms with E-state index >= 15 is 0 Å². The third kappa shape index (κ3) is 2.17. The second-order valence-corrected chi connectivity index (χ2v) is 6.78. The van der Waals surface area contributed by atoms with Gasteiger partial charge in [0.2, 0.25) is 0 Å². The summed E-state index contributed by atoms with van der Waals surface area (Å²) in [7, 11) is -3.82. The maximum Gasteiger partial charge on any atom is 0.281 e. The molecule has 3 heterocycles. The monoisotopic (exact) mass is 331 g/mol. The Labute approximate surface area is 123 Å². The molecule has 0 radical (unpaired) electrons. The van der Waals surface area contributed by atoms with Crippen LogP contribution in [0.3, 0.4) is 0 Å². The molecule has 0 aliphatic carbocycles. The SMILES string of the molecule is CCn1cc(NS(=O)(=O)c2c(Cl)nc3sccn23)cn1. The largest absolute Gasteiger partial charge is 0.281 e. The van der Waals surface area contributed by atoms with Gasteiger partial charge in [-0.05, 0) is 6.92 Å². The number of hydrogen-bond donors (Lipinski definition) is 1. The lowest BCUT2D eigenvalue weighted by atomic mass is 10.6. The van der Waals surface area contributed by atoms with E-state index in [4.69, 9.17) is 11.6 Å². The molecule has 0 saturated carbocycles. The maximum atomic E-state index is 12.4. The van der Waals surface area contributed by atoms with Gasteiger partial charge in [-0.3, -0.25) is 13.8 Å². The number of nitrogens with zero attached hydrogens (tertiary/aromatic N) is 4. The minimum absolute atomic E-state index is 0.0489. The molecule has 0 aromatic carbocycles. The van der Waals surface area contributed by atoms with E-state index in [0.717, 1.165) is 0 Å². The molecule has 3 aromatic heterocycles. The fraction of sp³-hybridized carbons (Fsp3) is 0.200. The Morgan fingerprint density at radius 3 is 3.00 bits per heavy atom. The molecule has 7 nitrogen and oxygen atoms in total. The summed E-state index contributed by atoms with van der Waals surface area (Å²) in [5, 5.41) is 5.64. The molecule has 10 heteroatoms. The lowest BCUT2D eigenvalue weighted by Gasteiger charge is -2.04. The highest BCUT2D eigenvalue weighted by molar-refractivity contribution is 7.92. The summed E-state index contributed by atoms with van der Waals surface area (Å²) >= 11 is 7.24. The van der Waals surface area contributed by atoms with E-state index in [1.165, 1.54) is 21.9 Å². The molecule has 0 unspecified atom stereocenters. The van der Waals surface area contributed by atoms with Gasteiger partial charge >= 0.3 is 0 Å². The fourth-order valence-corrected chi connectivity index (χ4v) is 4.26. The van der Waals surface area contributed by atoms with Crippen LogP contribution in [0.15, 0.2) is 29.0 Å². The lowest BCUT2D eigenvalue weighted by molar-refractivity contribution is 0.596. The van der Waals surface area contributed by atoms with Crippen LogP contribution in [0.4, 0.5) is 5.69 Å². The minimum atomic E-state index is -3.82. The minimum Gasteiger partial charge on any atom is -0.278 e. The Kier molecular flexibility index (Phi) is 3.19. The smallest absolute Gasteiger partial charge is 0.278 e. The first-order valence-corrected chi connectivity index (χ1v) is 8.41. The Morgan fingerprint density at radius 1 is 1.50 bits per heavy atom. The highest BCUT2D eigenvalue weighted by Gasteiger charge is 2.25. The highest BCUT2D eigenvalue weighted by atomic mass is 35.5. The average Bonchev–Trinajstić information content (AvgIpc) is 3.03. The number of halogens is 1. The van der Waals surface area contributed by atoms with Crippen molar-refractivity contribution in [3.05, 3.63) is 29.1 Å². The van der Waals surface area contributed by atoms with Crippen LogP contribution < -0.4 is 4.72 Å². The van der Waals surface area contributed by atoms with Crippen LogP contribution in [0.1, 0.15) is 6.92 Å². The molecule has 0 saturated heterocycles. The second kappa shape index (κ2) is 4.76. The number of thiazole rings is 1. The molecular formula is C10H10ClN5O2S2. The van der Waals surface area contributed by atoms with Crippen molar-refractivity contribution in [1.29, 1.82) is 0 Å². The van der Waals surface area contributed by atoms with Crippen molar-refractivity contribution < 1.29 is 8.42 Å². The number of anilines is 1. The van der Waals surface area contributed by atoms with E-state index in [9.17, 15) is 8.42 Å². The van der Waals surface area contributed by atoms with Crippen molar-refractivity contribution in [2.24, 2.45) is 0 Å². The third-order valence-electron chi connectivity index (χ3n) is 2.64. The second-order valence-electron chi connectivity index (χ2n) is 3.95. The average molecular weight is 332 g/mol. The van der Waals surface area contributed by atoms with E-state index in [1.807, 2.05) is 6.92 Å². The van der Waals surface area contributed by atoms with Gasteiger partial charge < -0.3 is 0 Å². The van der Waals surface area contributed by atoms with Gasteiger partial charge in [0.05, 0.1) is 11.9 Å². The Balaban J connectivity index is 2.03. The molecule has 0 amide bonds. The van der Waals surface area contributed by atoms with Gasteiger partial charge in [-0.1, -0.05) is 11.6 Å². The van der Waals surface area contributed by atoms with Crippen LogP contribution in [0, 0.1) is 0 Å². The van der Waals surface area contributed by atoms with Crippen molar-refractivity contribution in [2.75, 3.05) is 4.72 Å². The van der Waals surface area contributed by atoms with Gasteiger partial charge in [-0.2, -0.15) is 13.5 Å². The first-order chi connectivity index (χ1) is 9.51. The quantitative estimate of drug-likeness (QED) is 0.793. The number of aryl methyl sites for hydroxylation is 1. The molecular weight excluding hydrogens is 322 g/mol. The topological polar surface area (TPSA) is 81.3 Å². The summed E-state index contributed by atoms with van der Waals surface area (Å²) in [5.74, 6) is 0. The van der Waals surface area contributed by atoms with E-state index in [-0.39, 0.29) is 10.2 Å². The predicted molar refractivity (Wildman–Crippen MR) is 76.8 cm³/mol. The molecule has 0 fully saturated rings. The Bertz CT molecular complexity index is 863. The van der Waals surface area contributed by atoms with E-state index in [1.54, 1.807) is 22.5 Å². The van der Waals surface area contributed by atoms with Gasteiger partial charge in [0.15, 0.2) is 15.1 Å². The van der Waals surface area contributed by atoms with Crippen LogP contribution in [0.2, 0.25) is 5.15 Å². The number of aromatic nitrogens is 4. The van der Waals surface area contributed by atoms with E-state index in [2.05, 4.69) is 14.8 Å². The zero-order valence-corrected chi connectivity index (χ0v) is 12.7. The first-order valence-electron chi connectivity index (χ1n) is 5.67. The maximum absolute atomic E-state index is 12.4. The van der Waals surface area contributed by atoms with E-state index in [0.29, 0.717) is 17.2 Å². The molecule has 3 rings (SSSR count). The zero-order valence-electron chi connectivity index (χ0n) is 10.3. The molecule has 0 atom stereocenters. The molecule has 1 N–H and O–H groups in total. The number of sulfonamides is 1. The Morgan fingerprint density at radius 2 is 2.30 bits per heavy atom. The van der Waals surface area contributed by atoms with Gasteiger partial charge in [-0.15, -0.1) is 11.3 Å². The standard InChI is InChI=1S/C10H10ClN5O2S2/c1-2-15-6-7(5-12-15)14-20(17,18)9-8(11)13-10-16(9)3-4-19-10/h3-6,14H,2H2,1H3. The summed E-state index contributed by atoms with van der Waals surface area (Å²) in [6, 6.07) is 0. The molecule has 106 valence electrons. The van der Waals surface area contributed by atoms with Crippen LogP contribution in [0.25, 0.3) is 4.96 Å². The summed E-state index contributed by atoms with van der Waals surface area (Å²) < 4.78 is 30.3. The van der Waals surface area contributed by atoms with Crippen LogP contribution in [0.5, 0.6) is 0 Å². The molecule has 20 heavy (non-hydrogen) atoms. The number of nitrogens with one attached hydrogen (secondary N) is 1. The van der Waals surface area contributed by atoms with Gasteiger partial charge in [0.1, 0.15) is 0 Å². The van der Waals surface area contributed by atoms with Gasteiger partial charge in [0, 0.05) is 24.3 Å². The van der Waals surface area contributed by atoms with Gasteiger partial charge in [0.25, 0.3) is 10.0 Å². The van der Waals surface area contributed by atoms with Crippen LogP contribution in [-0.4, -0.2) is 27.6 Å². The molecule has 0 aliphatic heterocycles. The number of hydrogen-bond acceptors (Lipinski definition) is 5. The van der Waals surface area contributed by atoms with Gasteiger partial charge in [-0.25, -0.2) is 4.98 Å². The number of imidazole rings is 1. The van der Waals surface area contributed by atoms with Crippen molar-refractivity contribution in [3.63, 3.8) is 0 Å². The summed E-state index contributed by atoms with van der Waals surface area (Å²) in [4.78, 5) is 4.54. The predicted octanol–water partition coefficient (Wildman–Crippen LogP) is 2.07. The first kappa shape index (κ1) is 13.4. The number of fused-ring (bicyclic) bond motifs is 1.